The summed E-state index contributed by atoms with van der Waals surface area (Å²) in [5.41, 5.74) is 1.38. The number of fused-ring (bicyclic) bond motifs is 4. The smallest absolute Gasteiger partial charge is 0.334 e. The minimum absolute atomic E-state index is 0.0101. The molecule has 0 unspecified atom stereocenters. The Kier molecular flexibility index (Phi) is 4.57. The van der Waals surface area contributed by atoms with Crippen molar-refractivity contribution in [2.24, 2.45) is 5.92 Å². The van der Waals surface area contributed by atoms with E-state index in [4.69, 9.17) is 0 Å². The summed E-state index contributed by atoms with van der Waals surface area (Å²) in [6.07, 6.45) is 2.40. The van der Waals surface area contributed by atoms with Crippen molar-refractivity contribution in [3.63, 3.8) is 0 Å². The van der Waals surface area contributed by atoms with E-state index in [2.05, 4.69) is 15.5 Å². The van der Waals surface area contributed by atoms with Gasteiger partial charge >= 0.3 is 11.2 Å². The number of aromatic nitrogens is 5. The van der Waals surface area contributed by atoms with Crippen molar-refractivity contribution >= 4 is 11.6 Å². The van der Waals surface area contributed by atoms with Crippen molar-refractivity contribution in [1.29, 1.82) is 0 Å². The van der Waals surface area contributed by atoms with Gasteiger partial charge in [0.15, 0.2) is 0 Å². The third-order valence-electron chi connectivity index (χ3n) is 6.00. The Hall–Kier alpha value is -3.89. The van der Waals surface area contributed by atoms with Gasteiger partial charge in [0.05, 0.1) is 11.5 Å². The molecule has 2 aliphatic rings. The van der Waals surface area contributed by atoms with Crippen molar-refractivity contribution in [2.45, 2.75) is 25.4 Å². The summed E-state index contributed by atoms with van der Waals surface area (Å²) in [7, 11) is 0. The molecule has 0 spiro atoms. The predicted molar refractivity (Wildman–Crippen MR) is 107 cm³/mol. The number of tetrazole rings is 1. The predicted octanol–water partition coefficient (Wildman–Crippen LogP) is 1.05. The quantitative estimate of drug-likeness (QED) is 0.455. The van der Waals surface area contributed by atoms with Crippen LogP contribution < -0.4 is 5.56 Å². The Labute approximate surface area is 176 Å². The fraction of sp³-hybridized carbons (Fsp3) is 0.350. The molecule has 1 fully saturated rings. The summed E-state index contributed by atoms with van der Waals surface area (Å²) in [4.78, 5) is 37.9. The largest absolute Gasteiger partial charge is 0.338 e. The number of nitro groups is 1. The minimum Gasteiger partial charge on any atom is -0.338 e. The van der Waals surface area contributed by atoms with Crippen molar-refractivity contribution in [2.75, 3.05) is 13.1 Å². The van der Waals surface area contributed by atoms with Crippen molar-refractivity contribution in [3.8, 4) is 0 Å². The summed E-state index contributed by atoms with van der Waals surface area (Å²) in [5.74, 6) is 0.0272. The van der Waals surface area contributed by atoms with Gasteiger partial charge in [-0.15, -0.1) is 5.10 Å². The second-order valence-corrected chi connectivity index (χ2v) is 8.03. The first kappa shape index (κ1) is 19.1. The molecule has 0 saturated carbocycles. The third kappa shape index (κ3) is 3.47. The van der Waals surface area contributed by atoms with Crippen LogP contribution >= 0.6 is 0 Å². The number of hydrogen-bond acceptors (Lipinski definition) is 7. The van der Waals surface area contributed by atoms with Crippen LogP contribution in [-0.4, -0.2) is 53.6 Å². The highest BCUT2D eigenvalue weighted by atomic mass is 16.6. The van der Waals surface area contributed by atoms with Crippen molar-refractivity contribution in [1.82, 2.24) is 29.7 Å². The highest BCUT2D eigenvalue weighted by Gasteiger charge is 2.37. The molecular formula is C20H19N7O4. The molecule has 31 heavy (non-hydrogen) atoms. The Bertz CT molecular complexity index is 1200. The molecule has 5 rings (SSSR count). The van der Waals surface area contributed by atoms with Crippen LogP contribution in [-0.2, 0) is 13.1 Å². The van der Waals surface area contributed by atoms with Gasteiger partial charge in [-0.3, -0.25) is 19.7 Å². The summed E-state index contributed by atoms with van der Waals surface area (Å²) in [5, 5.41) is 22.1. The first-order chi connectivity index (χ1) is 15.0. The van der Waals surface area contributed by atoms with Crippen molar-refractivity contribution < 1.29 is 9.72 Å². The number of nitrogens with zero attached hydrogens (tertiary/aromatic N) is 7. The zero-order valence-electron chi connectivity index (χ0n) is 16.5. The zero-order valence-corrected chi connectivity index (χ0v) is 16.5. The van der Waals surface area contributed by atoms with Crippen LogP contribution in [0.4, 0.5) is 5.69 Å². The molecule has 2 aliphatic heterocycles. The molecule has 3 aromatic rings. The van der Waals surface area contributed by atoms with E-state index >= 15 is 0 Å². The Morgan fingerprint density at radius 2 is 1.94 bits per heavy atom. The SMILES string of the molecule is O=C(c1ccc(Cn2cnnn2)cc1)N1C[C@H]2C[C@H](C1)c1ccc([N+](=O)[O-])c(=O)n1C2. The van der Waals surface area contributed by atoms with Gasteiger partial charge in [-0.25, -0.2) is 4.68 Å². The Balaban J connectivity index is 1.34. The molecule has 1 amide bonds. The van der Waals surface area contributed by atoms with Crippen LogP contribution in [0.15, 0.2) is 47.5 Å². The van der Waals surface area contributed by atoms with Crippen LogP contribution in [0.25, 0.3) is 0 Å². The lowest BCUT2D eigenvalue weighted by Gasteiger charge is -2.42. The van der Waals surface area contributed by atoms with E-state index in [1.807, 2.05) is 17.0 Å². The second kappa shape index (κ2) is 7.42. The van der Waals surface area contributed by atoms with Crippen LogP contribution in [0, 0.1) is 16.0 Å². The Morgan fingerprint density at radius 3 is 2.65 bits per heavy atom. The average molecular weight is 421 g/mol. The van der Waals surface area contributed by atoms with Crippen LogP contribution in [0.3, 0.4) is 0 Å². The van der Waals surface area contributed by atoms with E-state index in [9.17, 15) is 19.7 Å². The maximum atomic E-state index is 13.1. The van der Waals surface area contributed by atoms with Gasteiger partial charge < -0.3 is 9.47 Å². The fourth-order valence-corrected chi connectivity index (χ4v) is 4.61. The topological polar surface area (TPSA) is 129 Å². The number of amides is 1. The molecule has 0 radical (unpaired) electrons. The number of pyridine rings is 1. The standard InChI is InChI=1S/C20H19N7O4/c28-19(15-3-1-13(2-4-15)9-25-12-21-22-23-25)24-8-14-7-16(11-24)17-5-6-18(27(30)31)20(29)26(17)10-14/h1-6,12,14,16H,7-11H2/t14-,16-/m1/s1. The number of carbonyl (C=O) groups excluding carboxylic acids is 1. The van der Waals surface area contributed by atoms with E-state index in [1.165, 1.54) is 17.0 Å². The van der Waals surface area contributed by atoms with Crippen molar-refractivity contribution in [3.05, 3.63) is 80.0 Å². The van der Waals surface area contributed by atoms with Gasteiger partial charge in [0.1, 0.15) is 6.33 Å². The van der Waals surface area contributed by atoms with Gasteiger partial charge in [-0.2, -0.15) is 0 Å². The molecule has 2 bridgehead atoms. The lowest BCUT2D eigenvalue weighted by molar-refractivity contribution is -0.386. The normalized spacial score (nSPS) is 19.7. The first-order valence-corrected chi connectivity index (χ1v) is 9.96. The zero-order chi connectivity index (χ0) is 21.5. The molecule has 1 saturated heterocycles. The number of likely N-dealkylation sites (tertiary alicyclic amines) is 1. The molecular weight excluding hydrogens is 402 g/mol. The molecule has 0 N–H and O–H groups in total. The van der Waals surface area contributed by atoms with Gasteiger partial charge in [0.2, 0.25) is 0 Å². The minimum atomic E-state index is -0.640. The molecule has 0 aliphatic carbocycles. The van der Waals surface area contributed by atoms with Gasteiger partial charge in [-0.05, 0) is 46.5 Å². The monoisotopic (exact) mass is 421 g/mol. The molecule has 1 aromatic carbocycles. The maximum absolute atomic E-state index is 13.1. The molecule has 4 heterocycles. The Morgan fingerprint density at radius 1 is 1.13 bits per heavy atom. The highest BCUT2D eigenvalue weighted by molar-refractivity contribution is 5.94. The molecule has 11 nitrogen and oxygen atoms in total. The fourth-order valence-electron chi connectivity index (χ4n) is 4.61. The van der Waals surface area contributed by atoms with Gasteiger partial charge in [-0.1, -0.05) is 12.1 Å². The summed E-state index contributed by atoms with van der Waals surface area (Å²) in [6, 6.07) is 10.3. The molecule has 2 atom stereocenters. The van der Waals surface area contributed by atoms with E-state index in [-0.39, 0.29) is 17.7 Å². The van der Waals surface area contributed by atoms with Gasteiger partial charge in [0, 0.05) is 42.9 Å². The number of benzene rings is 1. The average Bonchev–Trinajstić information content (AvgIpc) is 3.27. The second-order valence-electron chi connectivity index (χ2n) is 8.03. The van der Waals surface area contributed by atoms with Crippen LogP contribution in [0.5, 0.6) is 0 Å². The maximum Gasteiger partial charge on any atom is 0.334 e. The van der Waals surface area contributed by atoms with Crippen LogP contribution in [0.1, 0.15) is 34.0 Å². The number of carbonyl (C=O) groups is 1. The highest BCUT2D eigenvalue weighted by Crippen LogP contribution is 2.36. The van der Waals surface area contributed by atoms with E-state index in [0.717, 1.165) is 17.7 Å². The number of piperidine rings is 1. The molecule has 158 valence electrons. The lowest BCUT2D eigenvalue weighted by Crippen LogP contribution is -2.49. The molecule has 2 aromatic heterocycles. The van der Waals surface area contributed by atoms with E-state index in [0.29, 0.717) is 31.7 Å². The van der Waals surface area contributed by atoms with E-state index < -0.39 is 16.2 Å². The van der Waals surface area contributed by atoms with Gasteiger partial charge in [0.25, 0.3) is 5.91 Å². The summed E-state index contributed by atoms with van der Waals surface area (Å²) in [6.45, 7) is 1.92. The number of hydrogen-bond donors (Lipinski definition) is 0. The number of rotatable bonds is 4. The summed E-state index contributed by atoms with van der Waals surface area (Å²) < 4.78 is 3.12. The van der Waals surface area contributed by atoms with E-state index in [1.54, 1.807) is 22.9 Å². The first-order valence-electron chi connectivity index (χ1n) is 9.96. The lowest BCUT2D eigenvalue weighted by atomic mass is 9.83. The van der Waals surface area contributed by atoms with Crippen LogP contribution in [0.2, 0.25) is 0 Å². The molecule has 11 heteroatoms. The summed E-state index contributed by atoms with van der Waals surface area (Å²) >= 11 is 0. The third-order valence-corrected chi connectivity index (χ3v) is 6.00.